The van der Waals surface area contributed by atoms with Crippen LogP contribution in [0.4, 0.5) is 5.69 Å². The number of rotatable bonds is 9. The van der Waals surface area contributed by atoms with E-state index in [2.05, 4.69) is 26.5 Å². The van der Waals surface area contributed by atoms with Crippen LogP contribution in [0.5, 0.6) is 5.75 Å². The van der Waals surface area contributed by atoms with Crippen LogP contribution in [-0.4, -0.2) is 77.1 Å². The smallest absolute Gasteiger partial charge is 0.260 e. The third kappa shape index (κ3) is 7.54. The number of sulfonamides is 1. The summed E-state index contributed by atoms with van der Waals surface area (Å²) >= 11 is 3.30. The minimum absolute atomic E-state index is 0.0577. The monoisotopic (exact) mass is 552 g/mol. The lowest BCUT2D eigenvalue weighted by Crippen LogP contribution is -2.42. The number of carbonyl (C=O) groups excluding carboxylic acids is 2. The molecule has 1 aliphatic rings. The number of amides is 2. The van der Waals surface area contributed by atoms with E-state index in [9.17, 15) is 18.0 Å². The summed E-state index contributed by atoms with van der Waals surface area (Å²) in [7, 11) is -3.69. The van der Waals surface area contributed by atoms with Gasteiger partial charge in [0.1, 0.15) is 12.3 Å². The van der Waals surface area contributed by atoms with Gasteiger partial charge in [0.2, 0.25) is 10.0 Å². The van der Waals surface area contributed by atoms with Gasteiger partial charge < -0.3 is 14.4 Å². The number of morpholine rings is 1. The lowest BCUT2D eigenvalue weighted by Gasteiger charge is -2.26. The third-order valence-electron chi connectivity index (χ3n) is 4.82. The van der Waals surface area contributed by atoms with Crippen LogP contribution in [0.15, 0.2) is 58.1 Å². The summed E-state index contributed by atoms with van der Waals surface area (Å²) in [4.78, 5) is 26.1. The molecule has 0 aliphatic carbocycles. The second kappa shape index (κ2) is 12.0. The second-order valence-electron chi connectivity index (χ2n) is 7.37. The zero-order valence-electron chi connectivity index (χ0n) is 18.5. The van der Waals surface area contributed by atoms with Gasteiger partial charge in [-0.25, -0.2) is 13.8 Å². The van der Waals surface area contributed by atoms with Gasteiger partial charge in [0, 0.05) is 17.6 Å². The molecule has 0 spiro atoms. The number of ether oxygens (including phenoxy) is 2. The molecule has 1 aliphatic heterocycles. The van der Waals surface area contributed by atoms with Gasteiger partial charge in [-0.05, 0) is 57.9 Å². The molecule has 0 atom stereocenters. The molecule has 0 unspecified atom stereocenters. The summed E-state index contributed by atoms with van der Waals surface area (Å²) < 4.78 is 36.7. The Kier molecular flexibility index (Phi) is 9.02. The largest absolute Gasteiger partial charge is 0.484 e. The molecule has 1 N–H and O–H groups in total. The maximum absolute atomic E-state index is 12.3. The molecule has 0 saturated carbocycles. The van der Waals surface area contributed by atoms with Gasteiger partial charge >= 0.3 is 0 Å². The number of hydrazone groups is 1. The van der Waals surface area contributed by atoms with Crippen molar-refractivity contribution in [2.45, 2.75) is 0 Å². The molecule has 0 bridgehead atoms. The normalized spacial score (nSPS) is 14.1. The molecule has 2 aromatic rings. The van der Waals surface area contributed by atoms with Crippen molar-refractivity contribution in [2.75, 3.05) is 50.0 Å². The fraction of sp³-hybridized carbons (Fsp3) is 0.318. The van der Waals surface area contributed by atoms with E-state index in [-0.39, 0.29) is 12.5 Å². The molecule has 12 heteroatoms. The molecule has 2 aromatic carbocycles. The van der Waals surface area contributed by atoms with Crippen molar-refractivity contribution in [1.82, 2.24) is 10.3 Å². The Hall–Kier alpha value is -2.96. The first-order chi connectivity index (χ1) is 16.2. The van der Waals surface area contributed by atoms with Crippen LogP contribution >= 0.6 is 15.9 Å². The minimum atomic E-state index is -3.69. The van der Waals surface area contributed by atoms with Gasteiger partial charge in [-0.2, -0.15) is 5.10 Å². The van der Waals surface area contributed by atoms with Crippen molar-refractivity contribution in [3.63, 3.8) is 0 Å². The SMILES string of the molecule is CS(=O)(=O)N(CC(=O)N/N=C/c1ccc(OCC(=O)N2CCOCC2)cc1)c1ccccc1Br. The van der Waals surface area contributed by atoms with Crippen LogP contribution in [0.2, 0.25) is 0 Å². The third-order valence-corrected chi connectivity index (χ3v) is 6.61. The molecule has 1 saturated heterocycles. The highest BCUT2D eigenvalue weighted by molar-refractivity contribution is 9.10. The van der Waals surface area contributed by atoms with E-state index in [1.807, 2.05) is 0 Å². The average Bonchev–Trinajstić information content (AvgIpc) is 2.82. The van der Waals surface area contributed by atoms with E-state index >= 15 is 0 Å². The fourth-order valence-corrected chi connectivity index (χ4v) is 4.56. The van der Waals surface area contributed by atoms with E-state index < -0.39 is 22.5 Å². The Morgan fingerprint density at radius 1 is 1.18 bits per heavy atom. The topological polar surface area (TPSA) is 118 Å². The fourth-order valence-electron chi connectivity index (χ4n) is 3.08. The summed E-state index contributed by atoms with van der Waals surface area (Å²) in [6.45, 7) is 1.71. The predicted molar refractivity (Wildman–Crippen MR) is 131 cm³/mol. The molecule has 1 heterocycles. The first kappa shape index (κ1) is 25.7. The number of para-hydroxylation sites is 1. The van der Waals surface area contributed by atoms with Crippen LogP contribution in [-0.2, 0) is 24.3 Å². The van der Waals surface area contributed by atoms with Gasteiger partial charge in [-0.15, -0.1) is 0 Å². The highest BCUT2D eigenvalue weighted by Crippen LogP contribution is 2.27. The van der Waals surface area contributed by atoms with Crippen LogP contribution in [0.1, 0.15) is 5.56 Å². The zero-order valence-corrected chi connectivity index (χ0v) is 20.9. The average molecular weight is 553 g/mol. The zero-order chi connectivity index (χ0) is 24.6. The Morgan fingerprint density at radius 3 is 2.50 bits per heavy atom. The lowest BCUT2D eigenvalue weighted by molar-refractivity contribution is -0.137. The second-order valence-corrected chi connectivity index (χ2v) is 10.1. The quantitative estimate of drug-likeness (QED) is 0.373. The standard InChI is InChI=1S/C22H25BrN4O6S/c1-34(30,31)27(20-5-3-2-4-19(20)23)15-21(28)25-24-14-17-6-8-18(9-7-17)33-16-22(29)26-10-12-32-13-11-26/h2-9,14H,10-13,15-16H2,1H3,(H,25,28)/b24-14+. The first-order valence-corrected chi connectivity index (χ1v) is 13.0. The van der Waals surface area contributed by atoms with Crippen molar-refractivity contribution < 1.29 is 27.5 Å². The van der Waals surface area contributed by atoms with E-state index in [4.69, 9.17) is 9.47 Å². The molecule has 10 nitrogen and oxygen atoms in total. The number of hydrogen-bond acceptors (Lipinski definition) is 7. The maximum Gasteiger partial charge on any atom is 0.260 e. The maximum atomic E-state index is 12.3. The number of nitrogens with zero attached hydrogens (tertiary/aromatic N) is 3. The summed E-state index contributed by atoms with van der Waals surface area (Å²) in [6, 6.07) is 13.5. The highest BCUT2D eigenvalue weighted by atomic mass is 79.9. The molecule has 34 heavy (non-hydrogen) atoms. The Bertz CT molecular complexity index is 1130. The van der Waals surface area contributed by atoms with Crippen LogP contribution in [0, 0.1) is 0 Å². The van der Waals surface area contributed by atoms with E-state index in [0.717, 1.165) is 10.6 Å². The molecular formula is C22H25BrN4O6S. The minimum Gasteiger partial charge on any atom is -0.484 e. The summed E-state index contributed by atoms with van der Waals surface area (Å²) in [5, 5.41) is 3.89. The van der Waals surface area contributed by atoms with Crippen molar-refractivity contribution in [2.24, 2.45) is 5.10 Å². The Morgan fingerprint density at radius 2 is 1.85 bits per heavy atom. The van der Waals surface area contributed by atoms with Gasteiger partial charge in [0.05, 0.1) is 31.4 Å². The van der Waals surface area contributed by atoms with Gasteiger partial charge in [-0.3, -0.25) is 13.9 Å². The summed E-state index contributed by atoms with van der Waals surface area (Å²) in [5.41, 5.74) is 3.36. The Balaban J connectivity index is 1.51. The van der Waals surface area contributed by atoms with E-state index in [1.54, 1.807) is 53.4 Å². The van der Waals surface area contributed by atoms with Crippen molar-refractivity contribution in [3.05, 3.63) is 58.6 Å². The highest BCUT2D eigenvalue weighted by Gasteiger charge is 2.22. The number of carbonyl (C=O) groups is 2. The van der Waals surface area contributed by atoms with Gasteiger partial charge in [0.25, 0.3) is 11.8 Å². The van der Waals surface area contributed by atoms with Gasteiger partial charge in [0.15, 0.2) is 6.61 Å². The van der Waals surface area contributed by atoms with Crippen molar-refractivity contribution >= 4 is 49.7 Å². The van der Waals surface area contributed by atoms with Crippen molar-refractivity contribution in [3.8, 4) is 5.75 Å². The summed E-state index contributed by atoms with van der Waals surface area (Å²) in [6.07, 6.45) is 2.45. The molecule has 182 valence electrons. The molecule has 1 fully saturated rings. The van der Waals surface area contributed by atoms with Gasteiger partial charge in [-0.1, -0.05) is 12.1 Å². The van der Waals surface area contributed by atoms with E-state index in [0.29, 0.717) is 47.8 Å². The predicted octanol–water partition coefficient (Wildman–Crippen LogP) is 1.60. The van der Waals surface area contributed by atoms with Crippen molar-refractivity contribution in [1.29, 1.82) is 0 Å². The van der Waals surface area contributed by atoms with Crippen LogP contribution in [0.25, 0.3) is 0 Å². The molecule has 2 amide bonds. The number of nitrogens with one attached hydrogen (secondary N) is 1. The first-order valence-electron chi connectivity index (χ1n) is 10.4. The van der Waals surface area contributed by atoms with Crippen LogP contribution < -0.4 is 14.5 Å². The number of hydrogen-bond donors (Lipinski definition) is 1. The molecule has 0 radical (unpaired) electrons. The molecule has 0 aromatic heterocycles. The number of halogens is 1. The number of anilines is 1. The number of benzene rings is 2. The Labute approximate surface area is 206 Å². The molecular weight excluding hydrogens is 528 g/mol. The molecule has 3 rings (SSSR count). The van der Waals surface area contributed by atoms with Crippen LogP contribution in [0.3, 0.4) is 0 Å². The lowest BCUT2D eigenvalue weighted by atomic mass is 10.2. The van der Waals surface area contributed by atoms with E-state index in [1.165, 1.54) is 6.21 Å². The summed E-state index contributed by atoms with van der Waals surface area (Å²) in [5.74, 6) is -0.165.